The molecule has 0 saturated carbocycles. The SMILES string of the molecule is CCCC(C(=O)O)=C(C)N(C)C. The molecule has 0 aromatic heterocycles. The molecule has 0 aromatic carbocycles. The summed E-state index contributed by atoms with van der Waals surface area (Å²) >= 11 is 0. The van der Waals surface area contributed by atoms with Gasteiger partial charge in [0.25, 0.3) is 0 Å². The van der Waals surface area contributed by atoms with E-state index in [-0.39, 0.29) is 0 Å². The van der Waals surface area contributed by atoms with Crippen LogP contribution in [0.25, 0.3) is 0 Å². The van der Waals surface area contributed by atoms with Crippen molar-refractivity contribution in [1.82, 2.24) is 4.90 Å². The van der Waals surface area contributed by atoms with Gasteiger partial charge in [0.15, 0.2) is 0 Å². The van der Waals surface area contributed by atoms with Crippen LogP contribution in [0.5, 0.6) is 0 Å². The number of hydrogen-bond acceptors (Lipinski definition) is 2. The summed E-state index contributed by atoms with van der Waals surface area (Å²) in [6, 6.07) is 0. The zero-order valence-corrected chi connectivity index (χ0v) is 8.22. The average molecular weight is 171 g/mol. The van der Waals surface area contributed by atoms with E-state index in [2.05, 4.69) is 0 Å². The number of nitrogens with zero attached hydrogens (tertiary/aromatic N) is 1. The van der Waals surface area contributed by atoms with E-state index >= 15 is 0 Å². The highest BCUT2D eigenvalue weighted by molar-refractivity contribution is 5.87. The Balaban J connectivity index is 4.67. The number of allylic oxidation sites excluding steroid dienone is 1. The minimum Gasteiger partial charge on any atom is -0.478 e. The van der Waals surface area contributed by atoms with Gasteiger partial charge >= 0.3 is 5.97 Å². The fraction of sp³-hybridized carbons (Fsp3) is 0.667. The zero-order valence-electron chi connectivity index (χ0n) is 8.22. The lowest BCUT2D eigenvalue weighted by Crippen LogP contribution is -2.15. The van der Waals surface area contributed by atoms with Crippen molar-refractivity contribution in [2.75, 3.05) is 14.1 Å². The lowest BCUT2D eigenvalue weighted by Gasteiger charge is -2.15. The molecule has 0 aliphatic carbocycles. The Morgan fingerprint density at radius 2 is 1.92 bits per heavy atom. The molecule has 12 heavy (non-hydrogen) atoms. The smallest absolute Gasteiger partial charge is 0.333 e. The van der Waals surface area contributed by atoms with E-state index in [9.17, 15) is 4.79 Å². The van der Waals surface area contributed by atoms with Gasteiger partial charge in [-0.3, -0.25) is 0 Å². The summed E-state index contributed by atoms with van der Waals surface area (Å²) in [5.74, 6) is -0.803. The molecule has 3 heteroatoms. The van der Waals surface area contributed by atoms with Gasteiger partial charge in [0.1, 0.15) is 0 Å². The van der Waals surface area contributed by atoms with Gasteiger partial charge in [-0.15, -0.1) is 0 Å². The summed E-state index contributed by atoms with van der Waals surface area (Å²) < 4.78 is 0. The minimum atomic E-state index is -0.803. The quantitative estimate of drug-likeness (QED) is 0.654. The first-order valence-corrected chi connectivity index (χ1v) is 4.11. The molecule has 0 rings (SSSR count). The fourth-order valence-corrected chi connectivity index (χ4v) is 0.963. The second kappa shape index (κ2) is 4.80. The third-order valence-corrected chi connectivity index (χ3v) is 1.87. The summed E-state index contributed by atoms with van der Waals surface area (Å²) in [7, 11) is 3.71. The van der Waals surface area contributed by atoms with Gasteiger partial charge in [-0.1, -0.05) is 13.3 Å². The molecule has 0 amide bonds. The van der Waals surface area contributed by atoms with E-state index in [1.807, 2.05) is 32.8 Å². The van der Waals surface area contributed by atoms with Crippen LogP contribution in [0, 0.1) is 0 Å². The largest absolute Gasteiger partial charge is 0.478 e. The van der Waals surface area contributed by atoms with Crippen molar-refractivity contribution in [3.05, 3.63) is 11.3 Å². The van der Waals surface area contributed by atoms with E-state index in [1.165, 1.54) is 0 Å². The summed E-state index contributed by atoms with van der Waals surface area (Å²) in [6.07, 6.45) is 1.51. The minimum absolute atomic E-state index is 0.516. The topological polar surface area (TPSA) is 40.5 Å². The monoisotopic (exact) mass is 171 g/mol. The van der Waals surface area contributed by atoms with Gasteiger partial charge < -0.3 is 10.0 Å². The van der Waals surface area contributed by atoms with E-state index < -0.39 is 5.97 Å². The highest BCUT2D eigenvalue weighted by Crippen LogP contribution is 2.12. The Kier molecular flexibility index (Phi) is 4.40. The van der Waals surface area contributed by atoms with Crippen LogP contribution in [0.15, 0.2) is 11.3 Å². The summed E-state index contributed by atoms with van der Waals surface area (Å²) in [6.45, 7) is 3.81. The fourth-order valence-electron chi connectivity index (χ4n) is 0.963. The summed E-state index contributed by atoms with van der Waals surface area (Å²) in [5, 5.41) is 8.84. The van der Waals surface area contributed by atoms with Crippen LogP contribution < -0.4 is 0 Å². The van der Waals surface area contributed by atoms with Crippen LogP contribution in [0.2, 0.25) is 0 Å². The van der Waals surface area contributed by atoms with Crippen LogP contribution in [0.3, 0.4) is 0 Å². The highest BCUT2D eigenvalue weighted by atomic mass is 16.4. The number of aliphatic carboxylic acids is 1. The lowest BCUT2D eigenvalue weighted by atomic mass is 10.1. The van der Waals surface area contributed by atoms with Crippen molar-refractivity contribution in [3.63, 3.8) is 0 Å². The molecule has 0 heterocycles. The Labute approximate surface area is 73.7 Å². The van der Waals surface area contributed by atoms with Crippen molar-refractivity contribution >= 4 is 5.97 Å². The molecule has 0 bridgehead atoms. The number of carboxylic acid groups (broad SMARTS) is 1. The van der Waals surface area contributed by atoms with Crippen molar-refractivity contribution < 1.29 is 9.90 Å². The Bertz CT molecular complexity index is 195. The average Bonchev–Trinajstić information content (AvgIpc) is 1.98. The van der Waals surface area contributed by atoms with Crippen LogP contribution in [0.1, 0.15) is 26.7 Å². The number of carboxylic acids is 1. The first-order chi connectivity index (χ1) is 5.50. The van der Waals surface area contributed by atoms with Gasteiger partial charge in [0.05, 0.1) is 5.57 Å². The summed E-state index contributed by atoms with van der Waals surface area (Å²) in [4.78, 5) is 12.6. The van der Waals surface area contributed by atoms with Gasteiger partial charge in [-0.05, 0) is 13.3 Å². The molecule has 0 aliphatic rings. The Morgan fingerprint density at radius 3 is 2.17 bits per heavy atom. The normalized spacial score (nSPS) is 12.3. The second-order valence-corrected chi connectivity index (χ2v) is 3.01. The maximum atomic E-state index is 10.8. The first-order valence-electron chi connectivity index (χ1n) is 4.11. The third-order valence-electron chi connectivity index (χ3n) is 1.87. The Hall–Kier alpha value is -0.990. The van der Waals surface area contributed by atoms with E-state index in [0.717, 1.165) is 12.1 Å². The van der Waals surface area contributed by atoms with Gasteiger partial charge in [-0.25, -0.2) is 4.79 Å². The predicted molar refractivity (Wildman–Crippen MR) is 48.9 cm³/mol. The van der Waals surface area contributed by atoms with Crippen LogP contribution in [0.4, 0.5) is 0 Å². The predicted octanol–water partition coefficient (Wildman–Crippen LogP) is 1.71. The van der Waals surface area contributed by atoms with Crippen molar-refractivity contribution in [3.8, 4) is 0 Å². The molecule has 0 aromatic rings. The van der Waals surface area contributed by atoms with Gasteiger partial charge in [0, 0.05) is 19.8 Å². The van der Waals surface area contributed by atoms with Crippen molar-refractivity contribution in [2.45, 2.75) is 26.7 Å². The first kappa shape index (κ1) is 11.0. The summed E-state index contributed by atoms with van der Waals surface area (Å²) in [5.41, 5.74) is 1.35. The molecule has 0 atom stereocenters. The molecule has 0 aliphatic heterocycles. The standard InChI is InChI=1S/C9H17NO2/c1-5-6-8(9(11)12)7(2)10(3)4/h5-6H2,1-4H3,(H,11,12). The van der Waals surface area contributed by atoms with E-state index in [1.54, 1.807) is 0 Å². The lowest BCUT2D eigenvalue weighted by molar-refractivity contribution is -0.133. The van der Waals surface area contributed by atoms with Crippen molar-refractivity contribution in [2.24, 2.45) is 0 Å². The maximum Gasteiger partial charge on any atom is 0.333 e. The molecule has 0 fully saturated rings. The Morgan fingerprint density at radius 1 is 1.42 bits per heavy atom. The number of carbonyl (C=O) groups is 1. The molecule has 70 valence electrons. The molecule has 0 radical (unpaired) electrons. The molecule has 3 nitrogen and oxygen atoms in total. The third kappa shape index (κ3) is 2.95. The molecule has 0 unspecified atom stereocenters. The molecular formula is C9H17NO2. The second-order valence-electron chi connectivity index (χ2n) is 3.01. The molecule has 1 N–H and O–H groups in total. The van der Waals surface area contributed by atoms with Gasteiger partial charge in [-0.2, -0.15) is 0 Å². The van der Waals surface area contributed by atoms with Crippen LogP contribution in [-0.2, 0) is 4.79 Å². The van der Waals surface area contributed by atoms with Gasteiger partial charge in [0.2, 0.25) is 0 Å². The zero-order chi connectivity index (χ0) is 9.72. The number of rotatable bonds is 4. The maximum absolute atomic E-state index is 10.8. The molecular weight excluding hydrogens is 154 g/mol. The highest BCUT2D eigenvalue weighted by Gasteiger charge is 2.10. The van der Waals surface area contributed by atoms with Crippen LogP contribution in [-0.4, -0.2) is 30.1 Å². The van der Waals surface area contributed by atoms with E-state index in [4.69, 9.17) is 5.11 Å². The van der Waals surface area contributed by atoms with E-state index in [0.29, 0.717) is 12.0 Å². The van der Waals surface area contributed by atoms with Crippen molar-refractivity contribution in [1.29, 1.82) is 0 Å². The number of hydrogen-bond donors (Lipinski definition) is 1. The van der Waals surface area contributed by atoms with Crippen LogP contribution >= 0.6 is 0 Å². The molecule has 0 spiro atoms. The molecule has 0 saturated heterocycles.